The van der Waals surface area contributed by atoms with Gasteiger partial charge in [0.25, 0.3) is 0 Å². The molecule has 0 aliphatic heterocycles. The topological polar surface area (TPSA) is 32.7 Å². The third-order valence-corrected chi connectivity index (χ3v) is 0.406. The van der Waals surface area contributed by atoms with Gasteiger partial charge in [-0.1, -0.05) is 0 Å². The van der Waals surface area contributed by atoms with Gasteiger partial charge in [-0.05, 0) is 13.8 Å². The van der Waals surface area contributed by atoms with Crippen molar-refractivity contribution in [1.29, 1.82) is 0 Å². The Bertz CT molecular complexity index is 65.3. The van der Waals surface area contributed by atoms with Crippen LogP contribution in [0.25, 0.3) is 0 Å². The van der Waals surface area contributed by atoms with Crippen LogP contribution >= 0.6 is 0 Å². The standard InChI is InChI=1S/C5H13NO2/c1-5(2,7)8-6(3)4/h7H,1-4H3. The molecule has 0 aromatic heterocycles. The fourth-order valence-corrected chi connectivity index (χ4v) is 0.447. The Kier molecular flexibility index (Phi) is 2.40. The van der Waals surface area contributed by atoms with E-state index in [0.717, 1.165) is 0 Å². The first-order valence-electron chi connectivity index (χ1n) is 2.50. The fourth-order valence-electron chi connectivity index (χ4n) is 0.447. The quantitative estimate of drug-likeness (QED) is 0.416. The van der Waals surface area contributed by atoms with Gasteiger partial charge in [-0.2, -0.15) is 5.06 Å². The summed E-state index contributed by atoms with van der Waals surface area (Å²) in [6.07, 6.45) is 0. The zero-order valence-electron chi connectivity index (χ0n) is 5.80. The predicted molar refractivity (Wildman–Crippen MR) is 31.1 cm³/mol. The number of rotatable bonds is 2. The third-order valence-electron chi connectivity index (χ3n) is 0.406. The van der Waals surface area contributed by atoms with E-state index in [4.69, 9.17) is 9.94 Å². The number of nitrogens with zero attached hydrogens (tertiary/aromatic N) is 1. The molecule has 0 radical (unpaired) electrons. The van der Waals surface area contributed by atoms with Crippen LogP contribution < -0.4 is 0 Å². The summed E-state index contributed by atoms with van der Waals surface area (Å²) in [7, 11) is 3.44. The second-order valence-electron chi connectivity index (χ2n) is 2.35. The lowest BCUT2D eigenvalue weighted by molar-refractivity contribution is -0.294. The first-order valence-corrected chi connectivity index (χ1v) is 2.50. The van der Waals surface area contributed by atoms with Crippen molar-refractivity contribution in [3.63, 3.8) is 0 Å². The van der Waals surface area contributed by atoms with E-state index in [1.54, 1.807) is 27.9 Å². The minimum Gasteiger partial charge on any atom is -0.365 e. The SMILES string of the molecule is CN(C)OC(C)(C)O. The highest BCUT2D eigenvalue weighted by atomic mass is 16.8. The Balaban J connectivity index is 3.39. The Morgan fingerprint density at radius 2 is 1.75 bits per heavy atom. The lowest BCUT2D eigenvalue weighted by atomic mass is 10.4. The van der Waals surface area contributed by atoms with Crippen LogP contribution in [0.4, 0.5) is 0 Å². The van der Waals surface area contributed by atoms with Crippen LogP contribution in [-0.2, 0) is 4.84 Å². The van der Waals surface area contributed by atoms with Crippen LogP contribution in [0.5, 0.6) is 0 Å². The molecule has 0 amide bonds. The van der Waals surface area contributed by atoms with Crippen molar-refractivity contribution in [2.45, 2.75) is 19.6 Å². The van der Waals surface area contributed by atoms with Gasteiger partial charge >= 0.3 is 0 Å². The van der Waals surface area contributed by atoms with Crippen molar-refractivity contribution in [2.24, 2.45) is 0 Å². The first-order chi connectivity index (χ1) is 3.42. The van der Waals surface area contributed by atoms with E-state index >= 15 is 0 Å². The van der Waals surface area contributed by atoms with Crippen molar-refractivity contribution < 1.29 is 9.94 Å². The van der Waals surface area contributed by atoms with Crippen molar-refractivity contribution in [1.82, 2.24) is 5.06 Å². The summed E-state index contributed by atoms with van der Waals surface area (Å²) in [5, 5.41) is 10.4. The van der Waals surface area contributed by atoms with E-state index in [1.807, 2.05) is 0 Å². The third kappa shape index (κ3) is 5.88. The summed E-state index contributed by atoms with van der Waals surface area (Å²) in [6.45, 7) is 3.15. The second kappa shape index (κ2) is 2.44. The van der Waals surface area contributed by atoms with Crippen LogP contribution in [0.15, 0.2) is 0 Å². The molecule has 0 heterocycles. The Morgan fingerprint density at radius 1 is 1.38 bits per heavy atom. The highest BCUT2D eigenvalue weighted by Crippen LogP contribution is 2.02. The monoisotopic (exact) mass is 119 g/mol. The number of hydrogen-bond acceptors (Lipinski definition) is 3. The van der Waals surface area contributed by atoms with E-state index in [1.165, 1.54) is 5.06 Å². The molecule has 0 saturated heterocycles. The molecular formula is C5H13NO2. The molecule has 1 N–H and O–H groups in total. The molecule has 0 rings (SSSR count). The maximum Gasteiger partial charge on any atom is 0.179 e. The fraction of sp³-hybridized carbons (Fsp3) is 1.00. The molecule has 0 saturated carbocycles. The molecule has 0 aromatic rings. The molecule has 0 bridgehead atoms. The molecule has 0 aliphatic carbocycles. The first kappa shape index (κ1) is 7.88. The van der Waals surface area contributed by atoms with E-state index < -0.39 is 5.79 Å². The minimum atomic E-state index is -1.05. The normalized spacial score (nSPS) is 12.8. The van der Waals surface area contributed by atoms with Gasteiger partial charge in [-0.25, -0.2) is 0 Å². The molecule has 0 unspecified atom stereocenters. The summed E-state index contributed by atoms with van der Waals surface area (Å²) in [5.41, 5.74) is 0. The largest absolute Gasteiger partial charge is 0.365 e. The molecule has 3 heteroatoms. The molecule has 0 aliphatic rings. The lowest BCUT2D eigenvalue weighted by Crippen LogP contribution is -2.30. The van der Waals surface area contributed by atoms with Crippen molar-refractivity contribution in [3.8, 4) is 0 Å². The van der Waals surface area contributed by atoms with Gasteiger partial charge in [-0.3, -0.25) is 4.84 Å². The molecular weight excluding hydrogens is 106 g/mol. The Hall–Kier alpha value is -0.120. The number of hydroxylamine groups is 2. The van der Waals surface area contributed by atoms with Gasteiger partial charge in [0.15, 0.2) is 5.79 Å². The molecule has 3 nitrogen and oxygen atoms in total. The van der Waals surface area contributed by atoms with E-state index in [2.05, 4.69) is 0 Å². The predicted octanol–water partition coefficient (Wildman–Crippen LogP) is 0.208. The van der Waals surface area contributed by atoms with Crippen LogP contribution in [0.2, 0.25) is 0 Å². The van der Waals surface area contributed by atoms with E-state index in [-0.39, 0.29) is 0 Å². The van der Waals surface area contributed by atoms with E-state index in [9.17, 15) is 0 Å². The molecule has 0 atom stereocenters. The molecule has 0 aromatic carbocycles. The maximum absolute atomic E-state index is 8.92. The second-order valence-corrected chi connectivity index (χ2v) is 2.35. The lowest BCUT2D eigenvalue weighted by Gasteiger charge is -2.21. The van der Waals surface area contributed by atoms with Crippen molar-refractivity contribution >= 4 is 0 Å². The van der Waals surface area contributed by atoms with Crippen LogP contribution in [-0.4, -0.2) is 30.1 Å². The zero-order chi connectivity index (χ0) is 6.78. The van der Waals surface area contributed by atoms with Gasteiger partial charge in [-0.15, -0.1) is 0 Å². The highest BCUT2D eigenvalue weighted by Gasteiger charge is 2.13. The molecule has 50 valence electrons. The van der Waals surface area contributed by atoms with Gasteiger partial charge in [0.05, 0.1) is 0 Å². The zero-order valence-corrected chi connectivity index (χ0v) is 5.80. The smallest absolute Gasteiger partial charge is 0.179 e. The summed E-state index contributed by atoms with van der Waals surface area (Å²) in [4.78, 5) is 4.83. The van der Waals surface area contributed by atoms with Crippen molar-refractivity contribution in [3.05, 3.63) is 0 Å². The summed E-state index contributed by atoms with van der Waals surface area (Å²) in [6, 6.07) is 0. The maximum atomic E-state index is 8.92. The van der Waals surface area contributed by atoms with Crippen molar-refractivity contribution in [2.75, 3.05) is 14.1 Å². The molecule has 8 heavy (non-hydrogen) atoms. The van der Waals surface area contributed by atoms with Gasteiger partial charge in [0, 0.05) is 14.1 Å². The average molecular weight is 119 g/mol. The summed E-state index contributed by atoms with van der Waals surface area (Å²) < 4.78 is 0. The molecule has 0 fully saturated rings. The average Bonchev–Trinajstić information content (AvgIpc) is 1.21. The Morgan fingerprint density at radius 3 is 1.75 bits per heavy atom. The number of hydrogen-bond donors (Lipinski definition) is 1. The number of aliphatic hydroxyl groups is 1. The Labute approximate surface area is 49.8 Å². The van der Waals surface area contributed by atoms with Crippen LogP contribution in [0, 0.1) is 0 Å². The van der Waals surface area contributed by atoms with Gasteiger partial charge in [0.2, 0.25) is 0 Å². The van der Waals surface area contributed by atoms with Gasteiger partial charge < -0.3 is 5.11 Å². The summed E-state index contributed by atoms with van der Waals surface area (Å²) >= 11 is 0. The summed E-state index contributed by atoms with van der Waals surface area (Å²) in [5.74, 6) is -1.05. The van der Waals surface area contributed by atoms with E-state index in [0.29, 0.717) is 0 Å². The van der Waals surface area contributed by atoms with Crippen LogP contribution in [0.3, 0.4) is 0 Å². The minimum absolute atomic E-state index is 1.05. The van der Waals surface area contributed by atoms with Crippen LogP contribution in [0.1, 0.15) is 13.8 Å². The van der Waals surface area contributed by atoms with Gasteiger partial charge in [0.1, 0.15) is 0 Å². The molecule has 0 spiro atoms. The highest BCUT2D eigenvalue weighted by molar-refractivity contribution is 4.43.